The number of carbonyl (C=O) groups is 1. The molecule has 1 aliphatic rings. The summed E-state index contributed by atoms with van der Waals surface area (Å²) in [5.74, 6) is -0.266. The van der Waals surface area contributed by atoms with Crippen LogP contribution in [0.25, 0.3) is 10.2 Å². The fourth-order valence-corrected chi connectivity index (χ4v) is 8.02. The molecule has 0 spiro atoms. The molecule has 0 atom stereocenters. The van der Waals surface area contributed by atoms with Crippen molar-refractivity contribution in [2.24, 2.45) is 0 Å². The highest BCUT2D eigenvalue weighted by atomic mass is 35.5. The average molecular weight is 583 g/mol. The molecular formula is C29H31ClN4O3S2. The number of carbonyl (C=O) groups excluding carboxylic acids is 1. The first-order valence-corrected chi connectivity index (χ1v) is 15.8. The van der Waals surface area contributed by atoms with Crippen molar-refractivity contribution in [2.75, 3.05) is 11.4 Å². The highest BCUT2D eigenvalue weighted by Crippen LogP contribution is 2.35. The van der Waals surface area contributed by atoms with Gasteiger partial charge >= 0.3 is 0 Å². The standard InChI is InChI=1S/C29H31ClN4O3S2/c1-3-34(23-7-5-4-6-8-23)39(36,37)24-11-9-22(10-12-24)28(35)33(19-21-15-17-31-18-16-21)29-32-27-20(2)25(30)13-14-26(27)38-29/h9-18,23H,3-8,19H2,1-2H3. The number of rotatable bonds is 8. The van der Waals surface area contributed by atoms with Crippen molar-refractivity contribution in [2.45, 2.75) is 63.4 Å². The predicted molar refractivity (Wildman–Crippen MR) is 157 cm³/mol. The molecule has 0 bridgehead atoms. The summed E-state index contributed by atoms with van der Waals surface area (Å²) in [6.45, 7) is 4.51. The fraction of sp³-hybridized carbons (Fsp3) is 0.345. The zero-order valence-electron chi connectivity index (χ0n) is 22.0. The normalized spacial score (nSPS) is 14.7. The lowest BCUT2D eigenvalue weighted by atomic mass is 9.95. The predicted octanol–water partition coefficient (Wildman–Crippen LogP) is 6.84. The van der Waals surface area contributed by atoms with Crippen molar-refractivity contribution in [1.82, 2.24) is 14.3 Å². The maximum atomic E-state index is 13.9. The number of aromatic nitrogens is 2. The summed E-state index contributed by atoms with van der Waals surface area (Å²) >= 11 is 7.74. The van der Waals surface area contributed by atoms with Crippen molar-refractivity contribution in [3.8, 4) is 0 Å². The summed E-state index contributed by atoms with van der Waals surface area (Å²) < 4.78 is 29.6. The van der Waals surface area contributed by atoms with E-state index in [2.05, 4.69) is 4.98 Å². The van der Waals surface area contributed by atoms with E-state index in [0.717, 1.165) is 53.4 Å². The van der Waals surface area contributed by atoms with Crippen LogP contribution in [-0.4, -0.2) is 41.2 Å². The summed E-state index contributed by atoms with van der Waals surface area (Å²) in [7, 11) is -3.66. The van der Waals surface area contributed by atoms with Gasteiger partial charge in [-0.2, -0.15) is 4.31 Å². The number of nitrogens with zero attached hydrogens (tertiary/aromatic N) is 4. The van der Waals surface area contributed by atoms with E-state index < -0.39 is 10.0 Å². The van der Waals surface area contributed by atoms with E-state index in [9.17, 15) is 13.2 Å². The van der Waals surface area contributed by atoms with E-state index in [0.29, 0.717) is 28.8 Å². The molecule has 4 aromatic rings. The number of hydrogen-bond donors (Lipinski definition) is 0. The van der Waals surface area contributed by atoms with E-state index in [4.69, 9.17) is 16.6 Å². The summed E-state index contributed by atoms with van der Waals surface area (Å²) in [6.07, 6.45) is 8.41. The second-order valence-electron chi connectivity index (χ2n) is 9.79. The average Bonchev–Trinajstić information content (AvgIpc) is 3.40. The van der Waals surface area contributed by atoms with Gasteiger partial charge in [0.1, 0.15) is 0 Å². The third-order valence-electron chi connectivity index (χ3n) is 7.30. The first-order valence-electron chi connectivity index (χ1n) is 13.2. The zero-order valence-corrected chi connectivity index (χ0v) is 24.4. The summed E-state index contributed by atoms with van der Waals surface area (Å²) in [5, 5.41) is 1.17. The molecule has 2 aromatic carbocycles. The number of anilines is 1. The lowest BCUT2D eigenvalue weighted by molar-refractivity contribution is 0.0985. The number of pyridine rings is 1. The molecule has 2 aromatic heterocycles. The van der Waals surface area contributed by atoms with Gasteiger partial charge in [0, 0.05) is 35.6 Å². The van der Waals surface area contributed by atoms with Crippen LogP contribution in [0.15, 0.2) is 65.8 Å². The zero-order chi connectivity index (χ0) is 27.6. The molecule has 204 valence electrons. The molecule has 39 heavy (non-hydrogen) atoms. The van der Waals surface area contributed by atoms with E-state index in [1.54, 1.807) is 45.9 Å². The minimum atomic E-state index is -3.66. The van der Waals surface area contributed by atoms with E-state index in [1.165, 1.54) is 11.3 Å². The van der Waals surface area contributed by atoms with Crippen molar-refractivity contribution in [3.05, 3.63) is 82.6 Å². The van der Waals surface area contributed by atoms with Crippen molar-refractivity contribution >= 4 is 54.2 Å². The van der Waals surface area contributed by atoms with E-state index >= 15 is 0 Å². The molecule has 0 saturated heterocycles. The topological polar surface area (TPSA) is 83.5 Å². The van der Waals surface area contributed by atoms with Gasteiger partial charge in [0.05, 0.1) is 21.7 Å². The second kappa shape index (κ2) is 11.7. The third kappa shape index (κ3) is 5.72. The lowest BCUT2D eigenvalue weighted by Crippen LogP contribution is -2.41. The molecule has 0 N–H and O–H groups in total. The molecule has 2 heterocycles. The minimum Gasteiger partial charge on any atom is -0.279 e. The van der Waals surface area contributed by atoms with Crippen LogP contribution < -0.4 is 4.90 Å². The molecule has 0 aliphatic heterocycles. The van der Waals surface area contributed by atoms with Gasteiger partial charge in [0.25, 0.3) is 5.91 Å². The number of aryl methyl sites for hydroxylation is 1. The van der Waals surface area contributed by atoms with Gasteiger partial charge in [-0.05, 0) is 79.4 Å². The van der Waals surface area contributed by atoms with Gasteiger partial charge in [-0.25, -0.2) is 13.4 Å². The fourth-order valence-electron chi connectivity index (χ4n) is 5.16. The van der Waals surface area contributed by atoms with Crippen LogP contribution >= 0.6 is 22.9 Å². The monoisotopic (exact) mass is 582 g/mol. The Labute approximate surface area is 238 Å². The van der Waals surface area contributed by atoms with Crippen LogP contribution in [0, 0.1) is 6.92 Å². The highest BCUT2D eigenvalue weighted by Gasteiger charge is 2.31. The Bertz CT molecular complexity index is 1570. The number of amides is 1. The SMILES string of the molecule is CCN(C1CCCCC1)S(=O)(=O)c1ccc(C(=O)N(Cc2ccncc2)c2nc3c(C)c(Cl)ccc3s2)cc1. The number of hydrogen-bond acceptors (Lipinski definition) is 6. The van der Waals surface area contributed by atoms with Gasteiger partial charge in [-0.15, -0.1) is 0 Å². The molecule has 1 saturated carbocycles. The first-order chi connectivity index (χ1) is 18.8. The molecule has 1 amide bonds. The molecule has 1 fully saturated rings. The minimum absolute atomic E-state index is 0.0295. The number of benzene rings is 2. The van der Waals surface area contributed by atoms with Gasteiger partial charge in [-0.1, -0.05) is 49.1 Å². The molecular weight excluding hydrogens is 552 g/mol. The van der Waals surface area contributed by atoms with Gasteiger partial charge in [0.2, 0.25) is 10.0 Å². The molecule has 10 heteroatoms. The Kier molecular flexibility index (Phi) is 8.32. The molecule has 5 rings (SSSR count). The largest absolute Gasteiger partial charge is 0.279 e. The summed E-state index contributed by atoms with van der Waals surface area (Å²) in [6, 6.07) is 13.8. The van der Waals surface area contributed by atoms with Gasteiger partial charge < -0.3 is 0 Å². The lowest BCUT2D eigenvalue weighted by Gasteiger charge is -2.32. The summed E-state index contributed by atoms with van der Waals surface area (Å²) in [4.78, 5) is 24.6. The van der Waals surface area contributed by atoms with Crippen molar-refractivity contribution in [1.29, 1.82) is 0 Å². The molecule has 1 aliphatic carbocycles. The van der Waals surface area contributed by atoms with Crippen LogP contribution in [0.2, 0.25) is 5.02 Å². The highest BCUT2D eigenvalue weighted by molar-refractivity contribution is 7.89. The molecule has 7 nitrogen and oxygen atoms in total. The maximum absolute atomic E-state index is 13.9. The van der Waals surface area contributed by atoms with Crippen molar-refractivity contribution < 1.29 is 13.2 Å². The Morgan fingerprint density at radius 1 is 1.03 bits per heavy atom. The quantitative estimate of drug-likeness (QED) is 0.227. The van der Waals surface area contributed by atoms with Crippen LogP contribution in [0.5, 0.6) is 0 Å². The Hall–Kier alpha value is -2.85. The number of sulfonamides is 1. The van der Waals surface area contributed by atoms with Gasteiger partial charge in [0.15, 0.2) is 5.13 Å². The molecule has 0 unspecified atom stereocenters. The Morgan fingerprint density at radius 2 is 1.72 bits per heavy atom. The van der Waals surface area contributed by atoms with E-state index in [1.807, 2.05) is 38.1 Å². The number of fused-ring (bicyclic) bond motifs is 1. The Balaban J connectivity index is 1.47. The first kappa shape index (κ1) is 27.7. The summed E-state index contributed by atoms with van der Waals surface area (Å²) in [5.41, 5.74) is 2.91. The molecule has 0 radical (unpaired) electrons. The third-order valence-corrected chi connectivity index (χ3v) is 10.8. The maximum Gasteiger partial charge on any atom is 0.260 e. The van der Waals surface area contributed by atoms with Crippen LogP contribution in [-0.2, 0) is 16.6 Å². The van der Waals surface area contributed by atoms with Crippen LogP contribution in [0.1, 0.15) is 60.5 Å². The number of halogens is 1. The Morgan fingerprint density at radius 3 is 2.38 bits per heavy atom. The number of thiazole rings is 1. The smallest absolute Gasteiger partial charge is 0.260 e. The van der Waals surface area contributed by atoms with Gasteiger partial charge in [-0.3, -0.25) is 14.7 Å². The van der Waals surface area contributed by atoms with Crippen LogP contribution in [0.4, 0.5) is 5.13 Å². The van der Waals surface area contributed by atoms with Crippen molar-refractivity contribution in [3.63, 3.8) is 0 Å². The van der Waals surface area contributed by atoms with E-state index in [-0.39, 0.29) is 16.8 Å². The van der Waals surface area contributed by atoms with Crippen LogP contribution in [0.3, 0.4) is 0 Å². The second-order valence-corrected chi connectivity index (χ2v) is 13.1.